The molecule has 0 amide bonds. The van der Waals surface area contributed by atoms with Crippen molar-refractivity contribution in [3.63, 3.8) is 0 Å². The summed E-state index contributed by atoms with van der Waals surface area (Å²) in [7, 11) is 0. The summed E-state index contributed by atoms with van der Waals surface area (Å²) < 4.78 is 0. The predicted octanol–water partition coefficient (Wildman–Crippen LogP) is 3.22. The van der Waals surface area contributed by atoms with Crippen molar-refractivity contribution in [3.8, 4) is 0 Å². The Morgan fingerprint density at radius 1 is 1.11 bits per heavy atom. The van der Waals surface area contributed by atoms with E-state index in [2.05, 4.69) is 20.8 Å². The second-order valence-electron chi connectivity index (χ2n) is 2.89. The van der Waals surface area contributed by atoms with E-state index in [-0.39, 0.29) is 16.8 Å². The molecule has 0 aromatic carbocycles. The summed E-state index contributed by atoms with van der Waals surface area (Å²) in [5.41, 5.74) is 0. The van der Waals surface area contributed by atoms with Crippen molar-refractivity contribution in [3.05, 3.63) is 0 Å². The Balaban J connectivity index is 0. The van der Waals surface area contributed by atoms with Crippen molar-refractivity contribution < 1.29 is 16.8 Å². The van der Waals surface area contributed by atoms with Crippen LogP contribution in [-0.2, 0) is 16.8 Å². The minimum Gasteiger partial charge on any atom is -0.0654 e. The molecule has 0 unspecified atom stereocenters. The van der Waals surface area contributed by atoms with E-state index in [4.69, 9.17) is 0 Å². The average Bonchev–Trinajstić information content (AvgIpc) is 1.66. The van der Waals surface area contributed by atoms with Gasteiger partial charge in [-0.3, -0.25) is 0 Å². The fourth-order valence-electron chi connectivity index (χ4n) is 0.803. The van der Waals surface area contributed by atoms with E-state index in [9.17, 15) is 0 Å². The monoisotopic (exact) mass is 173 g/mol. The van der Waals surface area contributed by atoms with Crippen molar-refractivity contribution in [1.82, 2.24) is 0 Å². The van der Waals surface area contributed by atoms with Gasteiger partial charge in [0.15, 0.2) is 0 Å². The van der Waals surface area contributed by atoms with Gasteiger partial charge in [-0.25, -0.2) is 0 Å². The molecule has 1 radical (unpaired) electrons. The smallest absolute Gasteiger partial charge is 0 e. The van der Waals surface area contributed by atoms with E-state index in [1.165, 1.54) is 25.7 Å². The zero-order chi connectivity index (χ0) is 6.41. The summed E-state index contributed by atoms with van der Waals surface area (Å²) in [6.45, 7) is 6.83. The number of unbranched alkanes of at least 4 members (excludes halogenated alkanes) is 2. The first-order valence-electron chi connectivity index (χ1n) is 3.77. The summed E-state index contributed by atoms with van der Waals surface area (Å²) in [4.78, 5) is 0. The normalized spacial score (nSPS) is 9.33. The van der Waals surface area contributed by atoms with Crippen molar-refractivity contribution >= 4 is 0 Å². The minimum atomic E-state index is 0. The zero-order valence-corrected chi connectivity index (χ0v) is 7.78. The Kier molecular flexibility index (Phi) is 11.5. The molecule has 1 heteroatoms. The fourth-order valence-corrected chi connectivity index (χ4v) is 0.803. The Hall–Kier alpha value is 0.506. The molecule has 0 nitrogen and oxygen atoms in total. The predicted molar refractivity (Wildman–Crippen MR) is 39.0 cm³/mol. The maximum atomic E-state index is 2.29. The molecule has 0 heterocycles. The number of hydrogen-bond acceptors (Lipinski definition) is 0. The first-order valence-corrected chi connectivity index (χ1v) is 3.77. The van der Waals surface area contributed by atoms with Gasteiger partial charge in [-0.2, -0.15) is 0 Å². The van der Waals surface area contributed by atoms with Crippen LogP contribution in [0.25, 0.3) is 0 Å². The second kappa shape index (κ2) is 8.51. The molecule has 0 rings (SSSR count). The molecule has 0 spiro atoms. The van der Waals surface area contributed by atoms with Crippen LogP contribution in [0.4, 0.5) is 0 Å². The van der Waals surface area contributed by atoms with Gasteiger partial charge in [0.2, 0.25) is 0 Å². The first kappa shape index (κ1) is 12.2. The van der Waals surface area contributed by atoms with Crippen LogP contribution in [-0.4, -0.2) is 0 Å². The van der Waals surface area contributed by atoms with Crippen LogP contribution in [0.2, 0.25) is 0 Å². The summed E-state index contributed by atoms with van der Waals surface area (Å²) in [5.74, 6) is 0.904. The third-order valence-corrected chi connectivity index (χ3v) is 1.39. The molecule has 0 aromatic heterocycles. The topological polar surface area (TPSA) is 0 Å². The van der Waals surface area contributed by atoms with Gasteiger partial charge in [-0.1, -0.05) is 46.5 Å². The third kappa shape index (κ3) is 11.9. The van der Waals surface area contributed by atoms with E-state index in [0.717, 1.165) is 5.92 Å². The largest absolute Gasteiger partial charge is 0.0654 e. The Morgan fingerprint density at radius 3 is 2.00 bits per heavy atom. The fraction of sp³-hybridized carbons (Fsp3) is 1.00. The van der Waals surface area contributed by atoms with Crippen LogP contribution in [0, 0.1) is 5.92 Å². The molecule has 0 aliphatic rings. The van der Waals surface area contributed by atoms with Gasteiger partial charge in [0.05, 0.1) is 0 Å². The van der Waals surface area contributed by atoms with Crippen molar-refractivity contribution in [1.29, 1.82) is 0 Å². The van der Waals surface area contributed by atoms with Gasteiger partial charge in [0.1, 0.15) is 0 Å². The van der Waals surface area contributed by atoms with Gasteiger partial charge < -0.3 is 0 Å². The molecule has 0 aliphatic carbocycles. The van der Waals surface area contributed by atoms with E-state index >= 15 is 0 Å². The standard InChI is InChI=1S/C8H18.Co/c1-4-5-6-7-8(2)3;/h8H,4-7H2,1-3H3;. The second-order valence-corrected chi connectivity index (χ2v) is 2.89. The molecule has 9 heavy (non-hydrogen) atoms. The summed E-state index contributed by atoms with van der Waals surface area (Å²) in [6.07, 6.45) is 5.60. The molecular formula is C8H18Co. The van der Waals surface area contributed by atoms with Crippen molar-refractivity contribution in [2.24, 2.45) is 5.92 Å². The molecule has 0 aromatic rings. The van der Waals surface area contributed by atoms with E-state index in [0.29, 0.717) is 0 Å². The van der Waals surface area contributed by atoms with Gasteiger partial charge in [0.25, 0.3) is 0 Å². The van der Waals surface area contributed by atoms with Crippen LogP contribution in [0.5, 0.6) is 0 Å². The third-order valence-electron chi connectivity index (χ3n) is 1.39. The summed E-state index contributed by atoms with van der Waals surface area (Å²) in [5, 5.41) is 0. The van der Waals surface area contributed by atoms with Gasteiger partial charge >= 0.3 is 0 Å². The van der Waals surface area contributed by atoms with Gasteiger partial charge in [-0.05, 0) is 5.92 Å². The summed E-state index contributed by atoms with van der Waals surface area (Å²) in [6, 6.07) is 0. The number of rotatable bonds is 4. The molecular weight excluding hydrogens is 155 g/mol. The molecule has 0 saturated carbocycles. The quantitative estimate of drug-likeness (QED) is 0.572. The van der Waals surface area contributed by atoms with Gasteiger partial charge in [-0.15, -0.1) is 0 Å². The van der Waals surface area contributed by atoms with Crippen LogP contribution in [0.1, 0.15) is 46.5 Å². The molecule has 0 aliphatic heterocycles. The van der Waals surface area contributed by atoms with Crippen LogP contribution < -0.4 is 0 Å². The van der Waals surface area contributed by atoms with Crippen molar-refractivity contribution in [2.75, 3.05) is 0 Å². The maximum absolute atomic E-state index is 2.29. The molecule has 0 fully saturated rings. The average molecular weight is 173 g/mol. The summed E-state index contributed by atoms with van der Waals surface area (Å²) >= 11 is 0. The minimum absolute atomic E-state index is 0. The molecule has 0 atom stereocenters. The SMILES string of the molecule is CCCCCC(C)C.[Co]. The number of hydrogen-bond donors (Lipinski definition) is 0. The van der Waals surface area contributed by atoms with Crippen LogP contribution >= 0.6 is 0 Å². The molecule has 0 N–H and O–H groups in total. The van der Waals surface area contributed by atoms with Crippen LogP contribution in [0.3, 0.4) is 0 Å². The molecule has 0 saturated heterocycles. The molecule has 59 valence electrons. The molecule has 0 bridgehead atoms. The first-order chi connectivity index (χ1) is 3.77. The Bertz CT molecular complexity index is 41.8. The van der Waals surface area contributed by atoms with E-state index in [1.807, 2.05) is 0 Å². The van der Waals surface area contributed by atoms with Crippen molar-refractivity contribution in [2.45, 2.75) is 46.5 Å². The van der Waals surface area contributed by atoms with E-state index < -0.39 is 0 Å². The Labute approximate surface area is 69.6 Å². The Morgan fingerprint density at radius 2 is 1.67 bits per heavy atom. The van der Waals surface area contributed by atoms with Gasteiger partial charge in [0, 0.05) is 16.8 Å². The van der Waals surface area contributed by atoms with E-state index in [1.54, 1.807) is 0 Å². The van der Waals surface area contributed by atoms with Crippen LogP contribution in [0.15, 0.2) is 0 Å². The maximum Gasteiger partial charge on any atom is 0 e. The zero-order valence-electron chi connectivity index (χ0n) is 6.74.